The lowest BCUT2D eigenvalue weighted by Gasteiger charge is -2.00. The maximum Gasteiger partial charge on any atom is 0.0373 e. The van der Waals surface area contributed by atoms with Crippen molar-refractivity contribution in [2.75, 3.05) is 5.33 Å². The van der Waals surface area contributed by atoms with Crippen LogP contribution < -0.4 is 0 Å². The minimum Gasteiger partial charge on any atom is -0.261 e. The zero-order valence-electron chi connectivity index (χ0n) is 8.05. The number of rotatable bonds is 3. The SMILES string of the molecule is C/C(=C/CCBr)c1ccc(C)nc1. The van der Waals surface area contributed by atoms with E-state index in [9.17, 15) is 0 Å². The third kappa shape index (κ3) is 3.31. The molecule has 1 aromatic heterocycles. The molecular formula is C11H14BrN. The standard InChI is InChI=1S/C11H14BrN/c1-9(4-3-7-12)11-6-5-10(2)13-8-11/h4-6,8H,3,7H2,1-2H3/b9-4-. The van der Waals surface area contributed by atoms with E-state index in [0.717, 1.165) is 17.4 Å². The number of alkyl halides is 1. The van der Waals surface area contributed by atoms with Gasteiger partial charge in [-0.1, -0.05) is 28.1 Å². The molecule has 1 nitrogen and oxygen atoms in total. The van der Waals surface area contributed by atoms with Crippen molar-refractivity contribution in [2.45, 2.75) is 20.3 Å². The van der Waals surface area contributed by atoms with Gasteiger partial charge in [0.05, 0.1) is 0 Å². The maximum atomic E-state index is 4.26. The summed E-state index contributed by atoms with van der Waals surface area (Å²) in [6.07, 6.45) is 5.22. The van der Waals surface area contributed by atoms with Gasteiger partial charge in [0.15, 0.2) is 0 Å². The van der Waals surface area contributed by atoms with Gasteiger partial charge in [0, 0.05) is 17.2 Å². The first-order valence-corrected chi connectivity index (χ1v) is 5.52. The number of nitrogens with zero attached hydrogens (tertiary/aromatic N) is 1. The number of aryl methyl sites for hydroxylation is 1. The van der Waals surface area contributed by atoms with Gasteiger partial charge in [-0.2, -0.15) is 0 Å². The lowest BCUT2D eigenvalue weighted by Crippen LogP contribution is -1.84. The highest BCUT2D eigenvalue weighted by atomic mass is 79.9. The van der Waals surface area contributed by atoms with Gasteiger partial charge in [-0.25, -0.2) is 0 Å². The molecule has 0 aliphatic heterocycles. The van der Waals surface area contributed by atoms with Crippen LogP contribution in [0.2, 0.25) is 0 Å². The van der Waals surface area contributed by atoms with E-state index in [1.165, 1.54) is 11.1 Å². The number of aromatic nitrogens is 1. The Labute approximate surface area is 88.0 Å². The summed E-state index contributed by atoms with van der Waals surface area (Å²) in [6.45, 7) is 4.12. The van der Waals surface area contributed by atoms with Crippen LogP contribution in [0.25, 0.3) is 5.57 Å². The number of halogens is 1. The Kier molecular flexibility index (Phi) is 4.16. The zero-order chi connectivity index (χ0) is 9.68. The third-order valence-electron chi connectivity index (χ3n) is 1.93. The van der Waals surface area contributed by atoms with E-state index in [1.54, 1.807) is 0 Å². The maximum absolute atomic E-state index is 4.26. The summed E-state index contributed by atoms with van der Waals surface area (Å²) in [4.78, 5) is 4.26. The Morgan fingerprint density at radius 2 is 2.31 bits per heavy atom. The van der Waals surface area contributed by atoms with Crippen molar-refractivity contribution in [1.29, 1.82) is 0 Å². The van der Waals surface area contributed by atoms with Gasteiger partial charge in [-0.05, 0) is 37.5 Å². The van der Waals surface area contributed by atoms with Crippen LogP contribution in [0, 0.1) is 6.92 Å². The minimum atomic E-state index is 1.02. The van der Waals surface area contributed by atoms with E-state index in [0.29, 0.717) is 0 Å². The predicted molar refractivity (Wildman–Crippen MR) is 61.0 cm³/mol. The van der Waals surface area contributed by atoms with Crippen LogP contribution in [0.4, 0.5) is 0 Å². The van der Waals surface area contributed by atoms with Gasteiger partial charge in [0.25, 0.3) is 0 Å². The van der Waals surface area contributed by atoms with Crippen molar-refractivity contribution in [2.24, 2.45) is 0 Å². The lowest BCUT2D eigenvalue weighted by molar-refractivity contribution is 1.18. The monoisotopic (exact) mass is 239 g/mol. The topological polar surface area (TPSA) is 12.9 Å². The summed E-state index contributed by atoms with van der Waals surface area (Å²) in [5, 5.41) is 1.02. The van der Waals surface area contributed by atoms with Crippen LogP contribution in [-0.4, -0.2) is 10.3 Å². The highest BCUT2D eigenvalue weighted by Gasteiger charge is 1.94. The van der Waals surface area contributed by atoms with Crippen molar-refractivity contribution >= 4 is 21.5 Å². The highest BCUT2D eigenvalue weighted by molar-refractivity contribution is 9.09. The Morgan fingerprint density at radius 3 is 2.85 bits per heavy atom. The Bertz CT molecular complexity index is 287. The molecular weight excluding hydrogens is 226 g/mol. The van der Waals surface area contributed by atoms with Crippen LogP contribution in [0.15, 0.2) is 24.4 Å². The Balaban J connectivity index is 2.77. The van der Waals surface area contributed by atoms with E-state index in [2.05, 4.69) is 40.0 Å². The molecule has 0 radical (unpaired) electrons. The number of allylic oxidation sites excluding steroid dienone is 2. The molecule has 13 heavy (non-hydrogen) atoms. The molecule has 0 aliphatic carbocycles. The first-order chi connectivity index (χ1) is 6.24. The fraction of sp³-hybridized carbons (Fsp3) is 0.364. The van der Waals surface area contributed by atoms with E-state index < -0.39 is 0 Å². The van der Waals surface area contributed by atoms with Gasteiger partial charge in [-0.3, -0.25) is 4.98 Å². The molecule has 0 saturated carbocycles. The molecule has 0 saturated heterocycles. The number of hydrogen-bond donors (Lipinski definition) is 0. The van der Waals surface area contributed by atoms with Crippen LogP contribution in [0.1, 0.15) is 24.6 Å². The third-order valence-corrected chi connectivity index (χ3v) is 2.38. The summed E-state index contributed by atoms with van der Waals surface area (Å²) in [6, 6.07) is 4.16. The second kappa shape index (κ2) is 5.18. The Morgan fingerprint density at radius 1 is 1.54 bits per heavy atom. The van der Waals surface area contributed by atoms with Crippen molar-refractivity contribution in [3.63, 3.8) is 0 Å². The average Bonchev–Trinajstić information content (AvgIpc) is 2.15. The lowest BCUT2D eigenvalue weighted by atomic mass is 10.1. The summed E-state index contributed by atoms with van der Waals surface area (Å²) < 4.78 is 0. The molecule has 0 aromatic carbocycles. The van der Waals surface area contributed by atoms with Gasteiger partial charge < -0.3 is 0 Å². The van der Waals surface area contributed by atoms with Crippen molar-refractivity contribution in [3.8, 4) is 0 Å². The summed E-state index contributed by atoms with van der Waals surface area (Å²) in [7, 11) is 0. The highest BCUT2D eigenvalue weighted by Crippen LogP contribution is 2.13. The minimum absolute atomic E-state index is 1.02. The molecule has 0 fully saturated rings. The van der Waals surface area contributed by atoms with Crippen molar-refractivity contribution in [1.82, 2.24) is 4.98 Å². The van der Waals surface area contributed by atoms with Crippen LogP contribution in [0.3, 0.4) is 0 Å². The van der Waals surface area contributed by atoms with Gasteiger partial charge in [0.2, 0.25) is 0 Å². The van der Waals surface area contributed by atoms with E-state index >= 15 is 0 Å². The summed E-state index contributed by atoms with van der Waals surface area (Å²) in [5.74, 6) is 0. The first-order valence-electron chi connectivity index (χ1n) is 4.40. The fourth-order valence-electron chi connectivity index (χ4n) is 1.09. The average molecular weight is 240 g/mol. The van der Waals surface area contributed by atoms with Crippen LogP contribution in [0.5, 0.6) is 0 Å². The summed E-state index contributed by atoms with van der Waals surface area (Å²) in [5.41, 5.74) is 3.58. The van der Waals surface area contributed by atoms with Gasteiger partial charge in [-0.15, -0.1) is 0 Å². The quantitative estimate of drug-likeness (QED) is 0.736. The summed E-state index contributed by atoms with van der Waals surface area (Å²) >= 11 is 3.40. The molecule has 0 N–H and O–H groups in total. The van der Waals surface area contributed by atoms with Gasteiger partial charge >= 0.3 is 0 Å². The largest absolute Gasteiger partial charge is 0.261 e. The molecule has 1 aromatic rings. The number of pyridine rings is 1. The van der Waals surface area contributed by atoms with E-state index in [-0.39, 0.29) is 0 Å². The molecule has 1 rings (SSSR count). The molecule has 0 aliphatic rings. The first kappa shape index (κ1) is 10.5. The van der Waals surface area contributed by atoms with Gasteiger partial charge in [0.1, 0.15) is 0 Å². The van der Waals surface area contributed by atoms with Crippen molar-refractivity contribution < 1.29 is 0 Å². The Hall–Kier alpha value is -0.630. The second-order valence-electron chi connectivity index (χ2n) is 3.05. The molecule has 0 spiro atoms. The second-order valence-corrected chi connectivity index (χ2v) is 3.85. The van der Waals surface area contributed by atoms with Crippen LogP contribution in [-0.2, 0) is 0 Å². The van der Waals surface area contributed by atoms with E-state index in [1.807, 2.05) is 19.2 Å². The van der Waals surface area contributed by atoms with Crippen LogP contribution >= 0.6 is 15.9 Å². The fourth-order valence-corrected chi connectivity index (χ4v) is 1.32. The number of hydrogen-bond acceptors (Lipinski definition) is 1. The molecule has 0 atom stereocenters. The molecule has 2 heteroatoms. The molecule has 70 valence electrons. The molecule has 1 heterocycles. The predicted octanol–water partition coefficient (Wildman–Crippen LogP) is 3.58. The normalized spacial score (nSPS) is 11.8. The zero-order valence-corrected chi connectivity index (χ0v) is 9.63. The van der Waals surface area contributed by atoms with E-state index in [4.69, 9.17) is 0 Å². The molecule has 0 bridgehead atoms. The molecule has 0 amide bonds. The smallest absolute Gasteiger partial charge is 0.0373 e. The molecule has 0 unspecified atom stereocenters. The van der Waals surface area contributed by atoms with Crippen molar-refractivity contribution in [3.05, 3.63) is 35.7 Å².